The Morgan fingerprint density at radius 3 is 2.93 bits per heavy atom. The summed E-state index contributed by atoms with van der Waals surface area (Å²) in [6.07, 6.45) is 4.02. The predicted octanol–water partition coefficient (Wildman–Crippen LogP) is 3.31. The summed E-state index contributed by atoms with van der Waals surface area (Å²) in [5.41, 5.74) is 1.66. The number of nitriles is 1. The monoisotopic (exact) mass is 250 g/mol. The molecule has 0 saturated heterocycles. The van der Waals surface area contributed by atoms with Crippen molar-refractivity contribution in [2.24, 2.45) is 0 Å². The molecule has 0 aliphatic rings. The Balaban J connectivity index is 2.75. The van der Waals surface area contributed by atoms with Gasteiger partial charge >= 0.3 is 0 Å². The maximum Gasteiger partial charge on any atom is 0.0992 e. The molecule has 1 aromatic rings. The first-order valence-electron chi connectivity index (χ1n) is 4.32. The number of nitrogens with one attached hydrogen (secondary N) is 1. The molecule has 0 saturated carbocycles. The molecule has 0 bridgehead atoms. The molecule has 14 heavy (non-hydrogen) atoms. The van der Waals surface area contributed by atoms with Crippen molar-refractivity contribution < 1.29 is 0 Å². The Morgan fingerprint density at radius 2 is 2.36 bits per heavy atom. The van der Waals surface area contributed by atoms with Crippen molar-refractivity contribution in [1.29, 1.82) is 5.26 Å². The van der Waals surface area contributed by atoms with Gasteiger partial charge in [0.25, 0.3) is 0 Å². The lowest BCUT2D eigenvalue weighted by atomic mass is 10.2. The number of nitrogens with zero attached hydrogens (tertiary/aromatic N) is 1. The van der Waals surface area contributed by atoms with Gasteiger partial charge in [-0.15, -0.1) is 0 Å². The fourth-order valence-electron chi connectivity index (χ4n) is 1.01. The van der Waals surface area contributed by atoms with Crippen LogP contribution in [0.3, 0.4) is 0 Å². The van der Waals surface area contributed by atoms with Crippen molar-refractivity contribution in [2.75, 3.05) is 11.9 Å². The van der Waals surface area contributed by atoms with Gasteiger partial charge in [-0.1, -0.05) is 12.2 Å². The van der Waals surface area contributed by atoms with Gasteiger partial charge in [-0.2, -0.15) is 5.26 Å². The molecule has 1 rings (SSSR count). The number of allylic oxidation sites excluding steroid dienone is 1. The molecule has 0 aliphatic heterocycles. The van der Waals surface area contributed by atoms with E-state index in [1.54, 1.807) is 12.1 Å². The van der Waals surface area contributed by atoms with Gasteiger partial charge in [-0.25, -0.2) is 0 Å². The molecule has 0 radical (unpaired) electrons. The largest absolute Gasteiger partial charge is 0.381 e. The summed E-state index contributed by atoms with van der Waals surface area (Å²) < 4.78 is 0.918. The van der Waals surface area contributed by atoms with Crippen molar-refractivity contribution in [3.63, 3.8) is 0 Å². The molecular weight excluding hydrogens is 240 g/mol. The van der Waals surface area contributed by atoms with Crippen LogP contribution >= 0.6 is 15.9 Å². The Hall–Kier alpha value is -1.27. The van der Waals surface area contributed by atoms with E-state index in [-0.39, 0.29) is 0 Å². The van der Waals surface area contributed by atoms with Crippen molar-refractivity contribution in [3.8, 4) is 6.07 Å². The highest BCUT2D eigenvalue weighted by atomic mass is 79.9. The summed E-state index contributed by atoms with van der Waals surface area (Å²) in [6, 6.07) is 7.58. The second kappa shape index (κ2) is 5.46. The lowest BCUT2D eigenvalue weighted by Gasteiger charge is -2.05. The minimum Gasteiger partial charge on any atom is -0.381 e. The quantitative estimate of drug-likeness (QED) is 0.836. The van der Waals surface area contributed by atoms with Crippen LogP contribution in [0.15, 0.2) is 34.8 Å². The number of hydrogen-bond donors (Lipinski definition) is 1. The Morgan fingerprint density at radius 1 is 1.57 bits per heavy atom. The maximum atomic E-state index is 8.66. The van der Waals surface area contributed by atoms with E-state index >= 15 is 0 Å². The van der Waals surface area contributed by atoms with Gasteiger partial charge in [0, 0.05) is 16.7 Å². The standard InChI is InChI=1S/C11H11BrN2/c1-2-3-6-14-11-5-4-9(8-13)7-10(11)12/h2-5,7,14H,6H2,1H3/b3-2+. The summed E-state index contributed by atoms with van der Waals surface area (Å²) >= 11 is 3.40. The summed E-state index contributed by atoms with van der Waals surface area (Å²) in [5, 5.41) is 11.9. The molecule has 72 valence electrons. The fraction of sp³-hybridized carbons (Fsp3) is 0.182. The molecule has 3 heteroatoms. The molecular formula is C11H11BrN2. The van der Waals surface area contributed by atoms with Crippen LogP contribution in [0.4, 0.5) is 5.69 Å². The minimum absolute atomic E-state index is 0.661. The molecule has 0 aliphatic carbocycles. The van der Waals surface area contributed by atoms with Gasteiger partial charge in [-0.05, 0) is 41.1 Å². The number of halogens is 1. The maximum absolute atomic E-state index is 8.66. The molecule has 0 spiro atoms. The minimum atomic E-state index is 0.661. The zero-order valence-electron chi connectivity index (χ0n) is 7.92. The zero-order chi connectivity index (χ0) is 10.4. The van der Waals surface area contributed by atoms with Crippen molar-refractivity contribution in [2.45, 2.75) is 6.92 Å². The summed E-state index contributed by atoms with van der Waals surface area (Å²) in [4.78, 5) is 0. The van der Waals surface area contributed by atoms with Crippen molar-refractivity contribution >= 4 is 21.6 Å². The SMILES string of the molecule is C/C=C/CNc1ccc(C#N)cc1Br. The predicted molar refractivity (Wildman–Crippen MR) is 62.2 cm³/mol. The Bertz CT molecular complexity index is 377. The molecule has 0 atom stereocenters. The summed E-state index contributed by atoms with van der Waals surface area (Å²) in [6.45, 7) is 2.77. The van der Waals surface area contributed by atoms with E-state index in [9.17, 15) is 0 Å². The number of anilines is 1. The fourth-order valence-corrected chi connectivity index (χ4v) is 1.53. The smallest absolute Gasteiger partial charge is 0.0992 e. The van der Waals surface area contributed by atoms with Gasteiger partial charge in [-0.3, -0.25) is 0 Å². The van der Waals surface area contributed by atoms with Crippen LogP contribution in [0.5, 0.6) is 0 Å². The highest BCUT2D eigenvalue weighted by molar-refractivity contribution is 9.10. The number of benzene rings is 1. The Labute approximate surface area is 92.4 Å². The first-order chi connectivity index (χ1) is 6.77. The average molecular weight is 251 g/mol. The van der Waals surface area contributed by atoms with Gasteiger partial charge in [0.2, 0.25) is 0 Å². The van der Waals surface area contributed by atoms with Crippen LogP contribution in [0.25, 0.3) is 0 Å². The molecule has 0 fully saturated rings. The highest BCUT2D eigenvalue weighted by Gasteiger charge is 1.98. The molecule has 1 N–H and O–H groups in total. The van der Waals surface area contributed by atoms with Crippen molar-refractivity contribution in [1.82, 2.24) is 0 Å². The van der Waals surface area contributed by atoms with Gasteiger partial charge in [0.15, 0.2) is 0 Å². The van der Waals surface area contributed by atoms with Crippen LogP contribution < -0.4 is 5.32 Å². The van der Waals surface area contributed by atoms with Crippen LogP contribution in [0.1, 0.15) is 12.5 Å². The van der Waals surface area contributed by atoms with Crippen LogP contribution in [-0.2, 0) is 0 Å². The van der Waals surface area contributed by atoms with Gasteiger partial charge < -0.3 is 5.32 Å². The van der Waals surface area contributed by atoms with E-state index in [0.717, 1.165) is 16.7 Å². The van der Waals surface area contributed by atoms with E-state index in [4.69, 9.17) is 5.26 Å². The number of rotatable bonds is 3. The third kappa shape index (κ3) is 2.90. The normalized spacial score (nSPS) is 10.1. The third-order valence-electron chi connectivity index (χ3n) is 1.74. The van der Waals surface area contributed by atoms with Crippen molar-refractivity contribution in [3.05, 3.63) is 40.4 Å². The van der Waals surface area contributed by atoms with E-state index in [1.165, 1.54) is 0 Å². The molecule has 0 unspecified atom stereocenters. The third-order valence-corrected chi connectivity index (χ3v) is 2.40. The summed E-state index contributed by atoms with van der Waals surface area (Å²) in [7, 11) is 0. The molecule has 2 nitrogen and oxygen atoms in total. The van der Waals surface area contributed by atoms with Gasteiger partial charge in [0.05, 0.1) is 11.6 Å². The molecule has 1 aromatic carbocycles. The van der Waals surface area contributed by atoms with E-state index < -0.39 is 0 Å². The zero-order valence-corrected chi connectivity index (χ0v) is 9.51. The second-order valence-corrected chi connectivity index (χ2v) is 3.61. The van der Waals surface area contributed by atoms with Gasteiger partial charge in [0.1, 0.15) is 0 Å². The van der Waals surface area contributed by atoms with Crippen LogP contribution in [0, 0.1) is 11.3 Å². The molecule has 0 heterocycles. The first kappa shape index (κ1) is 10.8. The van der Waals surface area contributed by atoms with E-state index in [0.29, 0.717) is 5.56 Å². The first-order valence-corrected chi connectivity index (χ1v) is 5.12. The topological polar surface area (TPSA) is 35.8 Å². The molecule has 0 aromatic heterocycles. The van der Waals surface area contributed by atoms with E-state index in [2.05, 4.69) is 27.3 Å². The molecule has 0 amide bonds. The highest BCUT2D eigenvalue weighted by Crippen LogP contribution is 2.22. The Kier molecular flexibility index (Phi) is 4.21. The van der Waals surface area contributed by atoms with Crippen LogP contribution in [-0.4, -0.2) is 6.54 Å². The second-order valence-electron chi connectivity index (χ2n) is 2.76. The average Bonchev–Trinajstić information content (AvgIpc) is 2.20. The van der Waals surface area contributed by atoms with Crippen LogP contribution in [0.2, 0.25) is 0 Å². The number of hydrogen-bond acceptors (Lipinski definition) is 2. The summed E-state index contributed by atoms with van der Waals surface area (Å²) in [5.74, 6) is 0. The lowest BCUT2D eigenvalue weighted by molar-refractivity contribution is 1.31. The lowest BCUT2D eigenvalue weighted by Crippen LogP contribution is -1.98. The van der Waals surface area contributed by atoms with E-state index in [1.807, 2.05) is 25.1 Å².